The number of ether oxygens (including phenoxy) is 1. The quantitative estimate of drug-likeness (QED) is 0.864. The van der Waals surface area contributed by atoms with E-state index in [4.69, 9.17) is 4.74 Å². The number of rotatable bonds is 6. The van der Waals surface area contributed by atoms with Crippen LogP contribution >= 0.6 is 0 Å². The highest BCUT2D eigenvalue weighted by Gasteiger charge is 2.11. The summed E-state index contributed by atoms with van der Waals surface area (Å²) in [6, 6.07) is 0. The molecule has 0 aromatic carbocycles. The van der Waals surface area contributed by atoms with E-state index in [9.17, 15) is 0 Å². The van der Waals surface area contributed by atoms with Crippen molar-refractivity contribution in [2.45, 2.75) is 39.9 Å². The maximum Gasteiger partial charge on any atom is 0.163 e. The third-order valence-electron chi connectivity index (χ3n) is 2.73. The summed E-state index contributed by atoms with van der Waals surface area (Å²) in [5.41, 5.74) is 0.830. The van der Waals surface area contributed by atoms with Gasteiger partial charge in [0.25, 0.3) is 0 Å². The average Bonchev–Trinajstić information content (AvgIpc) is 2.75. The molecule has 0 aliphatic rings. The monoisotopic (exact) mass is 263 g/mol. The topological polar surface area (TPSA) is 64.9 Å². The molecule has 2 aromatic rings. The first-order valence-corrected chi connectivity index (χ1v) is 6.66. The fourth-order valence-corrected chi connectivity index (χ4v) is 1.75. The molecule has 0 aliphatic carbocycles. The highest BCUT2D eigenvalue weighted by atomic mass is 16.5. The molecule has 0 unspecified atom stereocenters. The van der Waals surface area contributed by atoms with E-state index >= 15 is 0 Å². The van der Waals surface area contributed by atoms with Crippen molar-refractivity contribution in [3.63, 3.8) is 0 Å². The molecular formula is C13H21N5O. The summed E-state index contributed by atoms with van der Waals surface area (Å²) < 4.78 is 7.33. The molecule has 0 saturated heterocycles. The molecule has 0 bridgehead atoms. The van der Waals surface area contributed by atoms with Crippen molar-refractivity contribution in [2.75, 3.05) is 11.9 Å². The first-order valence-electron chi connectivity index (χ1n) is 6.66. The van der Waals surface area contributed by atoms with Gasteiger partial charge in [-0.25, -0.2) is 9.97 Å². The molecule has 2 aromatic heterocycles. The first kappa shape index (κ1) is 13.7. The van der Waals surface area contributed by atoms with Crippen LogP contribution in [0, 0.1) is 0 Å². The largest absolute Gasteiger partial charge is 0.371 e. The van der Waals surface area contributed by atoms with Crippen LogP contribution in [0.5, 0.6) is 0 Å². The Morgan fingerprint density at radius 1 is 1.37 bits per heavy atom. The van der Waals surface area contributed by atoms with Crippen molar-refractivity contribution >= 4 is 16.9 Å². The van der Waals surface area contributed by atoms with Crippen LogP contribution < -0.4 is 5.32 Å². The lowest BCUT2D eigenvalue weighted by molar-refractivity contribution is 0.0615. The van der Waals surface area contributed by atoms with E-state index in [1.54, 1.807) is 10.9 Å². The standard InChI is InChI=1S/C13H21N5O/c1-5-6-14-12-10-7-15-18(4)13(10)17-11(16-12)8-19-9(2)3/h7,9H,5-6,8H2,1-4H3,(H,14,16,17). The number of nitrogens with zero attached hydrogens (tertiary/aromatic N) is 4. The number of aryl methyl sites for hydroxylation is 1. The number of hydrogen-bond acceptors (Lipinski definition) is 5. The zero-order chi connectivity index (χ0) is 13.8. The molecule has 6 nitrogen and oxygen atoms in total. The molecule has 0 atom stereocenters. The van der Waals surface area contributed by atoms with Crippen LogP contribution in [0.25, 0.3) is 11.0 Å². The molecule has 0 radical (unpaired) electrons. The number of hydrogen-bond donors (Lipinski definition) is 1. The zero-order valence-electron chi connectivity index (χ0n) is 12.0. The van der Waals surface area contributed by atoms with E-state index < -0.39 is 0 Å². The second-order valence-electron chi connectivity index (χ2n) is 4.78. The highest BCUT2D eigenvalue weighted by Crippen LogP contribution is 2.19. The smallest absolute Gasteiger partial charge is 0.163 e. The molecule has 0 amide bonds. The third-order valence-corrected chi connectivity index (χ3v) is 2.73. The van der Waals surface area contributed by atoms with Crippen molar-refractivity contribution in [1.82, 2.24) is 19.7 Å². The zero-order valence-corrected chi connectivity index (χ0v) is 12.0. The Labute approximate surface area is 113 Å². The molecule has 2 rings (SSSR count). The van der Waals surface area contributed by atoms with Crippen LogP contribution in [0.2, 0.25) is 0 Å². The summed E-state index contributed by atoms with van der Waals surface area (Å²) in [6.45, 7) is 7.42. The second-order valence-corrected chi connectivity index (χ2v) is 4.78. The maximum atomic E-state index is 5.57. The average molecular weight is 263 g/mol. The van der Waals surface area contributed by atoms with E-state index in [2.05, 4.69) is 27.3 Å². The summed E-state index contributed by atoms with van der Waals surface area (Å²) >= 11 is 0. The predicted octanol–water partition coefficient (Wildman–Crippen LogP) is 2.11. The van der Waals surface area contributed by atoms with Crippen LogP contribution in [0.3, 0.4) is 0 Å². The number of anilines is 1. The lowest BCUT2D eigenvalue weighted by Gasteiger charge is -2.10. The molecule has 104 valence electrons. The van der Waals surface area contributed by atoms with E-state index in [1.165, 1.54) is 0 Å². The number of aromatic nitrogens is 4. The van der Waals surface area contributed by atoms with E-state index in [0.717, 1.165) is 29.8 Å². The lowest BCUT2D eigenvalue weighted by atomic mass is 10.3. The molecule has 0 fully saturated rings. The van der Waals surface area contributed by atoms with Gasteiger partial charge in [-0.3, -0.25) is 4.68 Å². The minimum atomic E-state index is 0.165. The predicted molar refractivity (Wildman–Crippen MR) is 75.0 cm³/mol. The van der Waals surface area contributed by atoms with Gasteiger partial charge >= 0.3 is 0 Å². The van der Waals surface area contributed by atoms with E-state index in [0.29, 0.717) is 12.4 Å². The van der Waals surface area contributed by atoms with Crippen molar-refractivity contribution in [3.8, 4) is 0 Å². The van der Waals surface area contributed by atoms with Gasteiger partial charge in [-0.2, -0.15) is 5.10 Å². The summed E-state index contributed by atoms with van der Waals surface area (Å²) in [4.78, 5) is 9.02. The molecular weight excluding hydrogens is 242 g/mol. The van der Waals surface area contributed by atoms with Gasteiger partial charge in [0, 0.05) is 13.6 Å². The fourth-order valence-electron chi connectivity index (χ4n) is 1.75. The minimum Gasteiger partial charge on any atom is -0.371 e. The van der Waals surface area contributed by atoms with Gasteiger partial charge in [-0.05, 0) is 20.3 Å². The highest BCUT2D eigenvalue weighted by molar-refractivity contribution is 5.86. The van der Waals surface area contributed by atoms with Gasteiger partial charge < -0.3 is 10.1 Å². The van der Waals surface area contributed by atoms with Crippen molar-refractivity contribution < 1.29 is 4.74 Å². The van der Waals surface area contributed by atoms with Crippen molar-refractivity contribution in [1.29, 1.82) is 0 Å². The summed E-state index contributed by atoms with van der Waals surface area (Å²) in [6.07, 6.45) is 3.00. The van der Waals surface area contributed by atoms with Crippen LogP contribution in [-0.2, 0) is 18.4 Å². The Morgan fingerprint density at radius 2 is 2.16 bits per heavy atom. The van der Waals surface area contributed by atoms with E-state index in [1.807, 2.05) is 20.9 Å². The first-order chi connectivity index (χ1) is 9.11. The number of fused-ring (bicyclic) bond motifs is 1. The normalized spacial score (nSPS) is 11.4. The Hall–Kier alpha value is -1.69. The lowest BCUT2D eigenvalue weighted by Crippen LogP contribution is -2.10. The third kappa shape index (κ3) is 3.20. The Balaban J connectivity index is 2.34. The summed E-state index contributed by atoms with van der Waals surface area (Å²) in [7, 11) is 1.88. The van der Waals surface area contributed by atoms with Gasteiger partial charge in [0.1, 0.15) is 12.4 Å². The minimum absolute atomic E-state index is 0.165. The molecule has 6 heteroatoms. The Kier molecular flexibility index (Phi) is 4.31. The molecule has 2 heterocycles. The Bertz CT molecular complexity index is 549. The Morgan fingerprint density at radius 3 is 2.84 bits per heavy atom. The summed E-state index contributed by atoms with van der Waals surface area (Å²) in [5.74, 6) is 1.52. The molecule has 0 aliphatic heterocycles. The number of nitrogens with one attached hydrogen (secondary N) is 1. The SMILES string of the molecule is CCCNc1nc(COC(C)C)nc2c1cnn2C. The van der Waals surface area contributed by atoms with Crippen molar-refractivity contribution in [3.05, 3.63) is 12.0 Å². The van der Waals surface area contributed by atoms with Gasteiger partial charge in [0.15, 0.2) is 11.5 Å². The summed E-state index contributed by atoms with van der Waals surface area (Å²) in [5, 5.41) is 8.50. The molecule has 1 N–H and O–H groups in total. The van der Waals surface area contributed by atoms with E-state index in [-0.39, 0.29) is 6.10 Å². The molecule has 0 spiro atoms. The van der Waals surface area contributed by atoms with Crippen LogP contribution in [0.1, 0.15) is 33.0 Å². The maximum absolute atomic E-state index is 5.57. The van der Waals surface area contributed by atoms with Crippen LogP contribution in [-0.4, -0.2) is 32.4 Å². The van der Waals surface area contributed by atoms with Gasteiger partial charge in [-0.15, -0.1) is 0 Å². The second kappa shape index (κ2) is 5.97. The van der Waals surface area contributed by atoms with Crippen LogP contribution in [0.4, 0.5) is 5.82 Å². The van der Waals surface area contributed by atoms with Gasteiger partial charge in [0.2, 0.25) is 0 Å². The fraction of sp³-hybridized carbons (Fsp3) is 0.615. The molecule has 0 saturated carbocycles. The van der Waals surface area contributed by atoms with Gasteiger partial charge in [0.05, 0.1) is 17.7 Å². The van der Waals surface area contributed by atoms with Gasteiger partial charge in [-0.1, -0.05) is 6.92 Å². The van der Waals surface area contributed by atoms with Crippen molar-refractivity contribution in [2.24, 2.45) is 7.05 Å². The molecule has 19 heavy (non-hydrogen) atoms. The van der Waals surface area contributed by atoms with Crippen LogP contribution in [0.15, 0.2) is 6.20 Å².